The molecule has 0 amide bonds. The van der Waals surface area contributed by atoms with E-state index >= 15 is 0 Å². The van der Waals surface area contributed by atoms with E-state index in [1.807, 2.05) is 0 Å². The van der Waals surface area contributed by atoms with Crippen molar-refractivity contribution in [2.75, 3.05) is 14.2 Å². The largest absolute Gasteiger partial charge is 0.340 e. The molecule has 23 heavy (non-hydrogen) atoms. The average molecular weight is 347 g/mol. The first-order valence-corrected chi connectivity index (χ1v) is 10.3. The Balaban J connectivity index is 2.57. The molecule has 2 nitrogen and oxygen atoms in total. The lowest BCUT2D eigenvalue weighted by Crippen LogP contribution is -2.41. The minimum absolute atomic E-state index is 0.309. The number of ether oxygens (including phenoxy) is 2. The number of alkyl halides is 1. The zero-order chi connectivity index (χ0) is 17.0. The highest BCUT2D eigenvalue weighted by atomic mass is 35.5. The van der Waals surface area contributed by atoms with E-state index in [0.29, 0.717) is 11.8 Å². The van der Waals surface area contributed by atoms with Gasteiger partial charge < -0.3 is 9.47 Å². The predicted molar refractivity (Wildman–Crippen MR) is 99.9 cm³/mol. The molecule has 0 aromatic rings. The van der Waals surface area contributed by atoms with E-state index in [9.17, 15) is 0 Å². The standard InChI is InChI=1S/C20H39ClO2/c1-4-5-6-7-11-14-17-19(20(21,22-2)23-3)18-15-12-9-8-10-13-16-18/h18-19H,4-17H2,1-3H3. The molecule has 0 aromatic heterocycles. The summed E-state index contributed by atoms with van der Waals surface area (Å²) in [6.07, 6.45) is 18.4. The van der Waals surface area contributed by atoms with Crippen molar-refractivity contribution in [1.29, 1.82) is 0 Å². The van der Waals surface area contributed by atoms with Crippen LogP contribution in [-0.2, 0) is 9.47 Å². The van der Waals surface area contributed by atoms with Crippen LogP contribution in [0.15, 0.2) is 0 Å². The highest BCUT2D eigenvalue weighted by molar-refractivity contribution is 6.22. The van der Waals surface area contributed by atoms with Crippen LogP contribution >= 0.6 is 11.6 Å². The van der Waals surface area contributed by atoms with Gasteiger partial charge in [-0.1, -0.05) is 89.2 Å². The first-order chi connectivity index (χ1) is 11.2. The molecule has 0 radical (unpaired) electrons. The third-order valence-corrected chi connectivity index (χ3v) is 6.18. The number of unbranched alkanes of at least 4 members (excludes halogenated alkanes) is 5. The van der Waals surface area contributed by atoms with E-state index in [1.165, 1.54) is 83.5 Å². The van der Waals surface area contributed by atoms with Crippen molar-refractivity contribution < 1.29 is 9.47 Å². The van der Waals surface area contributed by atoms with Crippen molar-refractivity contribution >= 4 is 11.6 Å². The van der Waals surface area contributed by atoms with Gasteiger partial charge in [0.2, 0.25) is 0 Å². The van der Waals surface area contributed by atoms with Crippen LogP contribution in [-0.4, -0.2) is 19.5 Å². The smallest absolute Gasteiger partial charge is 0.250 e. The van der Waals surface area contributed by atoms with Gasteiger partial charge in [0.15, 0.2) is 0 Å². The molecule has 1 saturated carbocycles. The SMILES string of the molecule is CCCCCCCCC(C1CCCCCCC1)C(Cl)(OC)OC. The van der Waals surface area contributed by atoms with E-state index in [-0.39, 0.29) is 0 Å². The van der Waals surface area contributed by atoms with Crippen LogP contribution in [0.25, 0.3) is 0 Å². The van der Waals surface area contributed by atoms with Gasteiger partial charge in [0.25, 0.3) is 5.25 Å². The molecule has 3 heteroatoms. The van der Waals surface area contributed by atoms with Crippen LogP contribution in [0.5, 0.6) is 0 Å². The molecule has 0 saturated heterocycles. The van der Waals surface area contributed by atoms with Crippen molar-refractivity contribution in [2.24, 2.45) is 11.8 Å². The van der Waals surface area contributed by atoms with Gasteiger partial charge in [-0.3, -0.25) is 0 Å². The Morgan fingerprint density at radius 3 is 1.96 bits per heavy atom. The molecule has 0 aliphatic heterocycles. The fraction of sp³-hybridized carbons (Fsp3) is 1.00. The van der Waals surface area contributed by atoms with Gasteiger partial charge in [-0.2, -0.15) is 0 Å². The zero-order valence-electron chi connectivity index (χ0n) is 15.7. The summed E-state index contributed by atoms with van der Waals surface area (Å²) in [6.45, 7) is 2.27. The molecule has 0 heterocycles. The second kappa shape index (κ2) is 12.6. The fourth-order valence-electron chi connectivity index (χ4n) is 4.11. The number of halogens is 1. The van der Waals surface area contributed by atoms with Gasteiger partial charge in [0.05, 0.1) is 0 Å². The van der Waals surface area contributed by atoms with Crippen LogP contribution in [0.2, 0.25) is 0 Å². The Kier molecular flexibility index (Phi) is 11.6. The molecule has 1 rings (SSSR count). The normalized spacial score (nSPS) is 19.3. The summed E-state index contributed by atoms with van der Waals surface area (Å²) < 4.78 is 11.2. The molecule has 1 unspecified atom stereocenters. The maximum absolute atomic E-state index is 6.72. The van der Waals surface area contributed by atoms with Gasteiger partial charge in [0.1, 0.15) is 0 Å². The van der Waals surface area contributed by atoms with Crippen molar-refractivity contribution in [2.45, 2.75) is 102 Å². The van der Waals surface area contributed by atoms with E-state index in [0.717, 1.165) is 6.42 Å². The van der Waals surface area contributed by atoms with Gasteiger partial charge >= 0.3 is 0 Å². The van der Waals surface area contributed by atoms with Crippen LogP contribution < -0.4 is 0 Å². The Bertz CT molecular complexity index is 271. The lowest BCUT2D eigenvalue weighted by molar-refractivity contribution is -0.191. The molecule has 1 atom stereocenters. The van der Waals surface area contributed by atoms with E-state index in [2.05, 4.69) is 6.92 Å². The topological polar surface area (TPSA) is 18.5 Å². The molecular formula is C20H39ClO2. The Labute approximate surface area is 149 Å². The van der Waals surface area contributed by atoms with Crippen molar-refractivity contribution in [3.05, 3.63) is 0 Å². The third kappa shape index (κ3) is 7.75. The molecule has 0 aromatic carbocycles. The Morgan fingerprint density at radius 1 is 0.870 bits per heavy atom. The maximum atomic E-state index is 6.72. The molecule has 0 bridgehead atoms. The number of hydrogen-bond acceptors (Lipinski definition) is 2. The molecule has 0 N–H and O–H groups in total. The first-order valence-electron chi connectivity index (χ1n) is 9.97. The van der Waals surface area contributed by atoms with Crippen LogP contribution in [0.4, 0.5) is 0 Å². The molecule has 138 valence electrons. The summed E-state index contributed by atoms with van der Waals surface area (Å²) >= 11 is 6.72. The number of methoxy groups -OCH3 is 2. The second-order valence-corrected chi connectivity index (χ2v) is 7.79. The second-order valence-electron chi connectivity index (χ2n) is 7.26. The Hall–Kier alpha value is 0.210. The summed E-state index contributed by atoms with van der Waals surface area (Å²) in [5.41, 5.74) is 0. The predicted octanol–water partition coefficient (Wildman–Crippen LogP) is 6.90. The third-order valence-electron chi connectivity index (χ3n) is 5.59. The molecular weight excluding hydrogens is 308 g/mol. The quantitative estimate of drug-likeness (QED) is 0.230. The van der Waals surface area contributed by atoms with Crippen LogP contribution in [0.1, 0.15) is 96.8 Å². The summed E-state index contributed by atoms with van der Waals surface area (Å²) in [7, 11) is 3.38. The van der Waals surface area contributed by atoms with Gasteiger partial charge in [0, 0.05) is 20.1 Å². The lowest BCUT2D eigenvalue weighted by Gasteiger charge is -2.38. The van der Waals surface area contributed by atoms with Gasteiger partial charge in [-0.25, -0.2) is 0 Å². The van der Waals surface area contributed by atoms with Crippen molar-refractivity contribution in [1.82, 2.24) is 0 Å². The van der Waals surface area contributed by atoms with Gasteiger partial charge in [-0.15, -0.1) is 0 Å². The van der Waals surface area contributed by atoms with Crippen LogP contribution in [0.3, 0.4) is 0 Å². The summed E-state index contributed by atoms with van der Waals surface area (Å²) in [5.74, 6) is 0.951. The number of rotatable bonds is 11. The van der Waals surface area contributed by atoms with Crippen molar-refractivity contribution in [3.63, 3.8) is 0 Å². The minimum Gasteiger partial charge on any atom is -0.340 e. The van der Waals surface area contributed by atoms with E-state index in [4.69, 9.17) is 21.1 Å². The average Bonchev–Trinajstić information content (AvgIpc) is 2.54. The first kappa shape index (κ1) is 21.3. The van der Waals surface area contributed by atoms with Gasteiger partial charge in [-0.05, 0) is 25.2 Å². The lowest BCUT2D eigenvalue weighted by atomic mass is 9.78. The summed E-state index contributed by atoms with van der Waals surface area (Å²) in [4.78, 5) is 0. The fourth-order valence-corrected chi connectivity index (χ4v) is 4.40. The molecule has 0 spiro atoms. The van der Waals surface area contributed by atoms with Crippen molar-refractivity contribution in [3.8, 4) is 0 Å². The Morgan fingerprint density at radius 2 is 1.39 bits per heavy atom. The highest BCUT2D eigenvalue weighted by Crippen LogP contribution is 2.42. The summed E-state index contributed by atoms with van der Waals surface area (Å²) in [6, 6.07) is 0. The zero-order valence-corrected chi connectivity index (χ0v) is 16.5. The molecule has 1 aliphatic rings. The highest BCUT2D eigenvalue weighted by Gasteiger charge is 2.41. The van der Waals surface area contributed by atoms with E-state index in [1.54, 1.807) is 14.2 Å². The van der Waals surface area contributed by atoms with Crippen LogP contribution in [0, 0.1) is 11.8 Å². The molecule has 1 fully saturated rings. The molecule has 1 aliphatic carbocycles. The summed E-state index contributed by atoms with van der Waals surface area (Å²) in [5, 5.41) is -0.937. The monoisotopic (exact) mass is 346 g/mol. The minimum atomic E-state index is -0.937. The number of hydrogen-bond donors (Lipinski definition) is 0. The van der Waals surface area contributed by atoms with E-state index < -0.39 is 5.25 Å². The maximum Gasteiger partial charge on any atom is 0.250 e.